The molecule has 0 spiro atoms. The van der Waals surface area contributed by atoms with Crippen molar-refractivity contribution in [3.05, 3.63) is 59.4 Å². The van der Waals surface area contributed by atoms with E-state index >= 15 is 0 Å². The summed E-state index contributed by atoms with van der Waals surface area (Å²) in [4.78, 5) is 14.4. The quantitative estimate of drug-likeness (QED) is 0.851. The third-order valence-corrected chi connectivity index (χ3v) is 5.43. The largest absolute Gasteiger partial charge is 0.490 e. The SMILES string of the molecule is O=C(c1ccc2c(c1)NCCO2)N1CCC(C(F)(F)c2ccc(F)cc2)CC1. The molecule has 2 aromatic rings. The number of ether oxygens (including phenoxy) is 1. The van der Waals surface area contributed by atoms with Gasteiger partial charge in [-0.25, -0.2) is 13.2 Å². The number of carbonyl (C=O) groups excluding carboxylic acids is 1. The third-order valence-electron chi connectivity index (χ3n) is 5.43. The lowest BCUT2D eigenvalue weighted by Crippen LogP contribution is -2.42. The summed E-state index contributed by atoms with van der Waals surface area (Å²) in [5.74, 6) is -3.92. The van der Waals surface area contributed by atoms with E-state index in [-0.39, 0.29) is 37.4 Å². The molecule has 4 rings (SSSR count). The number of hydrogen-bond donors (Lipinski definition) is 1. The van der Waals surface area contributed by atoms with Crippen LogP contribution in [0.3, 0.4) is 0 Å². The number of nitrogens with zero attached hydrogens (tertiary/aromatic N) is 1. The fourth-order valence-electron chi connectivity index (χ4n) is 3.81. The molecule has 4 nitrogen and oxygen atoms in total. The summed E-state index contributed by atoms with van der Waals surface area (Å²) in [5, 5.41) is 3.19. The van der Waals surface area contributed by atoms with Gasteiger partial charge in [-0.15, -0.1) is 0 Å². The third kappa shape index (κ3) is 3.53. The molecule has 7 heteroatoms. The number of benzene rings is 2. The number of carbonyl (C=O) groups is 1. The lowest BCUT2D eigenvalue weighted by molar-refractivity contribution is -0.0831. The Labute approximate surface area is 161 Å². The summed E-state index contributed by atoms with van der Waals surface area (Å²) in [7, 11) is 0. The topological polar surface area (TPSA) is 41.6 Å². The van der Waals surface area contributed by atoms with Gasteiger partial charge in [0.25, 0.3) is 11.8 Å². The summed E-state index contributed by atoms with van der Waals surface area (Å²) in [6, 6.07) is 9.57. The molecule has 2 aliphatic rings. The number of hydrogen-bond acceptors (Lipinski definition) is 3. The molecule has 0 saturated carbocycles. The molecule has 148 valence electrons. The lowest BCUT2D eigenvalue weighted by atomic mass is 9.86. The van der Waals surface area contributed by atoms with Gasteiger partial charge < -0.3 is 15.0 Å². The predicted molar refractivity (Wildman–Crippen MR) is 99.3 cm³/mol. The van der Waals surface area contributed by atoms with Gasteiger partial charge in [-0.1, -0.05) is 12.1 Å². The van der Waals surface area contributed by atoms with Crippen molar-refractivity contribution in [2.75, 3.05) is 31.6 Å². The number of fused-ring (bicyclic) bond motifs is 1. The Balaban J connectivity index is 1.42. The van der Waals surface area contributed by atoms with Crippen molar-refractivity contribution >= 4 is 11.6 Å². The van der Waals surface area contributed by atoms with Crippen molar-refractivity contribution in [1.29, 1.82) is 0 Å². The van der Waals surface area contributed by atoms with Crippen LogP contribution >= 0.6 is 0 Å². The van der Waals surface area contributed by atoms with Gasteiger partial charge in [0.15, 0.2) is 0 Å². The Kier molecular flexibility index (Phi) is 4.91. The van der Waals surface area contributed by atoms with Crippen LogP contribution in [0.2, 0.25) is 0 Å². The normalized spacial score (nSPS) is 17.5. The maximum Gasteiger partial charge on any atom is 0.276 e. The minimum atomic E-state index is -3.05. The molecule has 2 aromatic carbocycles. The van der Waals surface area contributed by atoms with Gasteiger partial charge in [-0.2, -0.15) is 0 Å². The van der Waals surface area contributed by atoms with Crippen LogP contribution < -0.4 is 10.1 Å². The number of likely N-dealkylation sites (tertiary alicyclic amines) is 1. The Morgan fingerprint density at radius 1 is 1.11 bits per heavy atom. The molecule has 0 bridgehead atoms. The molecule has 1 N–H and O–H groups in total. The smallest absolute Gasteiger partial charge is 0.276 e. The maximum absolute atomic E-state index is 14.8. The highest BCUT2D eigenvalue weighted by atomic mass is 19.3. The molecule has 0 aromatic heterocycles. The minimum absolute atomic E-state index is 0.168. The van der Waals surface area contributed by atoms with Crippen LogP contribution in [-0.4, -0.2) is 37.0 Å². The number of piperidine rings is 1. The van der Waals surface area contributed by atoms with Gasteiger partial charge in [0.2, 0.25) is 0 Å². The van der Waals surface area contributed by atoms with E-state index in [4.69, 9.17) is 4.74 Å². The van der Waals surface area contributed by atoms with E-state index in [1.807, 2.05) is 0 Å². The van der Waals surface area contributed by atoms with Gasteiger partial charge in [-0.3, -0.25) is 4.79 Å². The highest BCUT2D eigenvalue weighted by molar-refractivity contribution is 5.95. The monoisotopic (exact) mass is 390 g/mol. The van der Waals surface area contributed by atoms with Crippen LogP contribution in [0.5, 0.6) is 5.75 Å². The number of amides is 1. The molecule has 1 fully saturated rings. The Hall–Kier alpha value is -2.70. The fourth-order valence-corrected chi connectivity index (χ4v) is 3.81. The van der Waals surface area contributed by atoms with E-state index in [9.17, 15) is 18.0 Å². The summed E-state index contributed by atoms with van der Waals surface area (Å²) >= 11 is 0. The van der Waals surface area contributed by atoms with E-state index in [0.29, 0.717) is 24.5 Å². The Morgan fingerprint density at radius 2 is 1.82 bits per heavy atom. The molecule has 0 aliphatic carbocycles. The zero-order chi connectivity index (χ0) is 19.7. The zero-order valence-electron chi connectivity index (χ0n) is 15.3. The van der Waals surface area contributed by atoms with Crippen LogP contribution in [0, 0.1) is 11.7 Å². The Morgan fingerprint density at radius 3 is 2.54 bits per heavy atom. The van der Waals surface area contributed by atoms with Crippen LogP contribution in [0.15, 0.2) is 42.5 Å². The molecule has 1 amide bonds. The lowest BCUT2D eigenvalue weighted by Gasteiger charge is -2.36. The number of nitrogens with one attached hydrogen (secondary N) is 1. The van der Waals surface area contributed by atoms with Crippen LogP contribution in [0.25, 0.3) is 0 Å². The van der Waals surface area contributed by atoms with Gasteiger partial charge >= 0.3 is 0 Å². The van der Waals surface area contributed by atoms with Crippen molar-refractivity contribution in [1.82, 2.24) is 4.90 Å². The first-order valence-electron chi connectivity index (χ1n) is 9.39. The molecule has 2 heterocycles. The zero-order valence-corrected chi connectivity index (χ0v) is 15.3. The van der Waals surface area contributed by atoms with E-state index in [2.05, 4.69) is 5.32 Å². The van der Waals surface area contributed by atoms with Crippen molar-refractivity contribution in [2.45, 2.75) is 18.8 Å². The van der Waals surface area contributed by atoms with Gasteiger partial charge in [0.1, 0.15) is 18.2 Å². The summed E-state index contributed by atoms with van der Waals surface area (Å²) < 4.78 is 48.1. The first-order chi connectivity index (χ1) is 13.4. The number of halogens is 3. The van der Waals surface area contributed by atoms with E-state index in [1.165, 1.54) is 0 Å². The van der Waals surface area contributed by atoms with Gasteiger partial charge in [0.05, 0.1) is 5.69 Å². The summed E-state index contributed by atoms with van der Waals surface area (Å²) in [6.45, 7) is 1.78. The second-order valence-electron chi connectivity index (χ2n) is 7.18. The Bertz CT molecular complexity index is 862. The van der Waals surface area contributed by atoms with Crippen LogP contribution in [0.1, 0.15) is 28.8 Å². The molecular formula is C21H21F3N2O2. The minimum Gasteiger partial charge on any atom is -0.490 e. The number of anilines is 1. The molecule has 0 atom stereocenters. The molecule has 0 unspecified atom stereocenters. The van der Waals surface area contributed by atoms with E-state index < -0.39 is 17.7 Å². The molecule has 0 radical (unpaired) electrons. The maximum atomic E-state index is 14.8. The number of alkyl halides is 2. The average molecular weight is 390 g/mol. The van der Waals surface area contributed by atoms with E-state index in [0.717, 1.165) is 30.0 Å². The summed E-state index contributed by atoms with van der Waals surface area (Å²) in [5.41, 5.74) is 1.11. The molecular weight excluding hydrogens is 369 g/mol. The molecule has 1 saturated heterocycles. The van der Waals surface area contributed by atoms with Gasteiger partial charge in [-0.05, 0) is 43.2 Å². The fraction of sp³-hybridized carbons (Fsp3) is 0.381. The second kappa shape index (κ2) is 7.37. The van der Waals surface area contributed by atoms with E-state index in [1.54, 1.807) is 23.1 Å². The van der Waals surface area contributed by atoms with Crippen molar-refractivity contribution in [3.8, 4) is 5.75 Å². The predicted octanol–water partition coefficient (Wildman–Crippen LogP) is 4.27. The second-order valence-corrected chi connectivity index (χ2v) is 7.18. The molecule has 28 heavy (non-hydrogen) atoms. The van der Waals surface area contributed by atoms with Crippen LogP contribution in [-0.2, 0) is 5.92 Å². The standard InChI is InChI=1S/C21H21F3N2O2/c22-17-4-2-15(3-5-17)21(23,24)16-7-10-26(11-8-16)20(27)14-1-6-19-18(13-14)25-9-12-28-19/h1-6,13,16,25H,7-12H2. The first-order valence-corrected chi connectivity index (χ1v) is 9.39. The van der Waals surface area contributed by atoms with Crippen molar-refractivity contribution in [2.24, 2.45) is 5.92 Å². The number of rotatable bonds is 3. The average Bonchev–Trinajstić information content (AvgIpc) is 2.73. The highest BCUT2D eigenvalue weighted by Gasteiger charge is 2.43. The first kappa shape index (κ1) is 18.7. The highest BCUT2D eigenvalue weighted by Crippen LogP contribution is 2.41. The molecule has 2 aliphatic heterocycles. The van der Waals surface area contributed by atoms with Crippen molar-refractivity contribution < 1.29 is 22.7 Å². The van der Waals surface area contributed by atoms with Gasteiger partial charge in [0, 0.05) is 36.7 Å². The van der Waals surface area contributed by atoms with Crippen molar-refractivity contribution in [3.63, 3.8) is 0 Å². The summed E-state index contributed by atoms with van der Waals surface area (Å²) in [6.07, 6.45) is 0.394. The van der Waals surface area contributed by atoms with Crippen LogP contribution in [0.4, 0.5) is 18.9 Å².